The third-order valence-corrected chi connectivity index (χ3v) is 4.02. The maximum atomic E-state index is 12.3. The van der Waals surface area contributed by atoms with E-state index in [0.717, 1.165) is 25.7 Å². The molecule has 1 N–H and O–H groups in total. The van der Waals surface area contributed by atoms with Crippen molar-refractivity contribution in [1.82, 2.24) is 20.4 Å². The third-order valence-electron chi connectivity index (χ3n) is 4.02. The summed E-state index contributed by atoms with van der Waals surface area (Å²) in [6, 6.07) is -0.269. The summed E-state index contributed by atoms with van der Waals surface area (Å²) in [5, 5.41) is 6.82. The number of likely N-dealkylation sites (tertiary alicyclic amines) is 1. The minimum atomic E-state index is -0.394. The van der Waals surface area contributed by atoms with Crippen LogP contribution >= 0.6 is 0 Å². The normalized spacial score (nSPS) is 24.0. The van der Waals surface area contributed by atoms with Crippen LogP contribution in [-0.2, 0) is 16.0 Å². The van der Waals surface area contributed by atoms with Crippen molar-refractivity contribution in [2.45, 2.75) is 50.6 Å². The number of carbonyl (C=O) groups is 2. The van der Waals surface area contributed by atoms with Crippen LogP contribution in [0.2, 0.25) is 0 Å². The summed E-state index contributed by atoms with van der Waals surface area (Å²) >= 11 is 0. The molecular weight excluding hydrogens is 260 g/mol. The van der Waals surface area contributed by atoms with Gasteiger partial charge in [0.15, 0.2) is 5.82 Å². The zero-order valence-corrected chi connectivity index (χ0v) is 11.2. The molecule has 0 radical (unpaired) electrons. The van der Waals surface area contributed by atoms with Gasteiger partial charge in [-0.1, -0.05) is 18.0 Å². The van der Waals surface area contributed by atoms with E-state index in [2.05, 4.69) is 20.0 Å². The van der Waals surface area contributed by atoms with Gasteiger partial charge in [0.1, 0.15) is 0 Å². The van der Waals surface area contributed by atoms with Crippen LogP contribution in [0.4, 0.5) is 0 Å². The Balaban J connectivity index is 1.53. The topological polar surface area (TPSA) is 88.3 Å². The van der Waals surface area contributed by atoms with Gasteiger partial charge in [-0.15, -0.1) is 0 Å². The summed E-state index contributed by atoms with van der Waals surface area (Å²) in [6.07, 6.45) is 6.25. The molecule has 1 atom stereocenters. The van der Waals surface area contributed by atoms with Crippen LogP contribution in [0, 0.1) is 0 Å². The number of nitrogens with zero attached hydrogens (tertiary/aromatic N) is 3. The van der Waals surface area contributed by atoms with E-state index in [1.807, 2.05) is 0 Å². The van der Waals surface area contributed by atoms with Crippen LogP contribution < -0.4 is 5.32 Å². The lowest BCUT2D eigenvalue weighted by Crippen LogP contribution is -2.43. The van der Waals surface area contributed by atoms with Gasteiger partial charge in [0.25, 0.3) is 0 Å². The van der Waals surface area contributed by atoms with Gasteiger partial charge < -0.3 is 9.84 Å². The van der Waals surface area contributed by atoms with Gasteiger partial charge in [0, 0.05) is 19.0 Å². The van der Waals surface area contributed by atoms with Crippen molar-refractivity contribution in [3.63, 3.8) is 0 Å². The number of hydrogen-bond acceptors (Lipinski definition) is 6. The maximum absolute atomic E-state index is 12.3. The Bertz CT molecular complexity index is 482. The molecule has 2 fully saturated rings. The predicted molar refractivity (Wildman–Crippen MR) is 68.5 cm³/mol. The number of rotatable bonds is 5. The van der Waals surface area contributed by atoms with Gasteiger partial charge in [-0.3, -0.25) is 14.5 Å². The lowest BCUT2D eigenvalue weighted by atomic mass is 10.2. The zero-order chi connectivity index (χ0) is 13.9. The van der Waals surface area contributed by atoms with E-state index in [0.29, 0.717) is 18.8 Å². The predicted octanol–water partition coefficient (Wildman–Crippen LogP) is 0.272. The number of aromatic nitrogens is 2. The summed E-state index contributed by atoms with van der Waals surface area (Å²) in [5.41, 5.74) is 0. The Morgan fingerprint density at radius 2 is 2.15 bits per heavy atom. The first kappa shape index (κ1) is 13.2. The van der Waals surface area contributed by atoms with Gasteiger partial charge in [-0.25, -0.2) is 0 Å². The van der Waals surface area contributed by atoms with E-state index in [1.165, 1.54) is 11.3 Å². The van der Waals surface area contributed by atoms with E-state index in [1.54, 1.807) is 0 Å². The molecule has 7 nitrogen and oxygen atoms in total. The Morgan fingerprint density at radius 1 is 1.35 bits per heavy atom. The monoisotopic (exact) mass is 278 g/mol. The summed E-state index contributed by atoms with van der Waals surface area (Å²) in [7, 11) is 0. The number of amides is 2. The SMILES string of the molecule is O=C1CC(NCCc2ncon2)C(=O)N1C1CCCC1. The smallest absolute Gasteiger partial charge is 0.247 e. The fourth-order valence-electron chi connectivity index (χ4n) is 3.02. The van der Waals surface area contributed by atoms with Gasteiger partial charge in [0.2, 0.25) is 18.2 Å². The lowest BCUT2D eigenvalue weighted by molar-refractivity contribution is -0.141. The third kappa shape index (κ3) is 2.58. The highest BCUT2D eigenvalue weighted by molar-refractivity contribution is 6.05. The molecule has 0 aromatic carbocycles. The Labute approximate surface area is 116 Å². The van der Waals surface area contributed by atoms with Gasteiger partial charge in [-0.2, -0.15) is 4.98 Å². The second-order valence-electron chi connectivity index (χ2n) is 5.35. The molecular formula is C13H18N4O3. The highest BCUT2D eigenvalue weighted by atomic mass is 16.5. The molecule has 2 aliphatic rings. The van der Waals surface area contributed by atoms with Crippen molar-refractivity contribution in [3.8, 4) is 0 Å². The number of nitrogens with one attached hydrogen (secondary N) is 1. The van der Waals surface area contributed by atoms with Gasteiger partial charge in [-0.05, 0) is 12.8 Å². The first-order chi connectivity index (χ1) is 9.75. The van der Waals surface area contributed by atoms with Crippen molar-refractivity contribution in [2.75, 3.05) is 6.54 Å². The van der Waals surface area contributed by atoms with Crippen LogP contribution in [0.15, 0.2) is 10.9 Å². The molecule has 1 unspecified atom stereocenters. The molecule has 1 aromatic heterocycles. The molecule has 3 rings (SSSR count). The maximum Gasteiger partial charge on any atom is 0.247 e. The average molecular weight is 278 g/mol. The second kappa shape index (κ2) is 5.70. The van der Waals surface area contributed by atoms with Crippen LogP contribution in [0.3, 0.4) is 0 Å². The summed E-state index contributed by atoms with van der Waals surface area (Å²) in [5.74, 6) is 0.482. The Hall–Kier alpha value is -1.76. The molecule has 7 heteroatoms. The summed E-state index contributed by atoms with van der Waals surface area (Å²) < 4.78 is 4.64. The highest BCUT2D eigenvalue weighted by Crippen LogP contribution is 2.28. The van der Waals surface area contributed by atoms with Crippen molar-refractivity contribution in [2.24, 2.45) is 0 Å². The molecule has 2 amide bonds. The van der Waals surface area contributed by atoms with Crippen molar-refractivity contribution >= 4 is 11.8 Å². The van der Waals surface area contributed by atoms with E-state index in [9.17, 15) is 9.59 Å². The van der Waals surface area contributed by atoms with E-state index >= 15 is 0 Å². The largest absolute Gasteiger partial charge is 0.343 e. The van der Waals surface area contributed by atoms with Gasteiger partial charge in [0.05, 0.1) is 12.5 Å². The second-order valence-corrected chi connectivity index (χ2v) is 5.35. The summed E-state index contributed by atoms with van der Waals surface area (Å²) in [4.78, 5) is 29.7. The Morgan fingerprint density at radius 3 is 2.85 bits per heavy atom. The minimum Gasteiger partial charge on any atom is -0.343 e. The van der Waals surface area contributed by atoms with Crippen molar-refractivity contribution in [3.05, 3.63) is 12.2 Å². The molecule has 108 valence electrons. The summed E-state index contributed by atoms with van der Waals surface area (Å²) in [6.45, 7) is 0.557. The fraction of sp³-hybridized carbons (Fsp3) is 0.692. The van der Waals surface area contributed by atoms with Crippen molar-refractivity contribution < 1.29 is 14.1 Å². The molecule has 0 spiro atoms. The van der Waals surface area contributed by atoms with E-state index in [4.69, 9.17) is 0 Å². The molecule has 1 aliphatic heterocycles. The van der Waals surface area contributed by atoms with Crippen LogP contribution in [0.5, 0.6) is 0 Å². The number of carbonyl (C=O) groups excluding carboxylic acids is 2. The van der Waals surface area contributed by atoms with E-state index in [-0.39, 0.29) is 24.3 Å². The van der Waals surface area contributed by atoms with E-state index < -0.39 is 6.04 Å². The number of hydrogen-bond donors (Lipinski definition) is 1. The molecule has 20 heavy (non-hydrogen) atoms. The first-order valence-corrected chi connectivity index (χ1v) is 7.10. The standard InChI is InChI=1S/C13H18N4O3/c18-12-7-10(14-6-5-11-15-8-20-16-11)13(19)17(12)9-3-1-2-4-9/h8-10,14H,1-7H2. The average Bonchev–Trinajstić information content (AvgIpc) is 3.13. The minimum absolute atomic E-state index is 0.0426. The quantitative estimate of drug-likeness (QED) is 0.778. The zero-order valence-electron chi connectivity index (χ0n) is 11.2. The molecule has 2 heterocycles. The van der Waals surface area contributed by atoms with Gasteiger partial charge >= 0.3 is 0 Å². The lowest BCUT2D eigenvalue weighted by Gasteiger charge is -2.22. The molecule has 1 saturated heterocycles. The van der Waals surface area contributed by atoms with Crippen molar-refractivity contribution in [1.29, 1.82) is 0 Å². The molecule has 0 bridgehead atoms. The molecule has 1 aromatic rings. The fourth-order valence-corrected chi connectivity index (χ4v) is 3.02. The van der Waals surface area contributed by atoms with Crippen LogP contribution in [-0.4, -0.2) is 45.5 Å². The van der Waals surface area contributed by atoms with Crippen LogP contribution in [0.1, 0.15) is 37.9 Å². The first-order valence-electron chi connectivity index (χ1n) is 7.10. The number of imide groups is 1. The molecule has 1 saturated carbocycles. The Kier molecular flexibility index (Phi) is 3.77. The highest BCUT2D eigenvalue weighted by Gasteiger charge is 2.42. The molecule has 1 aliphatic carbocycles. The van der Waals surface area contributed by atoms with Crippen LogP contribution in [0.25, 0.3) is 0 Å².